The molecule has 0 N–H and O–H groups in total. The summed E-state index contributed by atoms with van der Waals surface area (Å²) in [6, 6.07) is 0. The lowest BCUT2D eigenvalue weighted by Gasteiger charge is -1.94. The van der Waals surface area contributed by atoms with E-state index in [0.717, 1.165) is 0 Å². The summed E-state index contributed by atoms with van der Waals surface area (Å²) >= 11 is -3.86. The Bertz CT molecular complexity index is 45.7. The molecule has 0 amide bonds. The van der Waals surface area contributed by atoms with Crippen molar-refractivity contribution in [3.8, 4) is 0 Å². The van der Waals surface area contributed by atoms with Crippen molar-refractivity contribution in [1.29, 1.82) is 0 Å². The standard InChI is InChI=1S/BF4.F3S/c2-1(3,4)5;1-4(2)3/q-1;+1. The van der Waals surface area contributed by atoms with Crippen molar-refractivity contribution in [3.05, 3.63) is 0 Å². The smallest absolute Gasteiger partial charge is 0.418 e. The lowest BCUT2D eigenvalue weighted by Crippen LogP contribution is -2.02. The van der Waals surface area contributed by atoms with E-state index in [1.165, 1.54) is 0 Å². The Morgan fingerprint density at radius 1 is 0.778 bits per heavy atom. The fourth-order valence-corrected chi connectivity index (χ4v) is 0. The molecule has 0 unspecified atom stereocenters. The summed E-state index contributed by atoms with van der Waals surface area (Å²) < 4.78 is 68.1. The van der Waals surface area contributed by atoms with Gasteiger partial charge in [-0.1, -0.05) is 0 Å². The summed E-state index contributed by atoms with van der Waals surface area (Å²) in [7, 11) is -6.00. The van der Waals surface area contributed by atoms with Crippen LogP contribution in [0, 0.1) is 0 Å². The number of rotatable bonds is 0. The van der Waals surface area contributed by atoms with Crippen LogP contribution < -0.4 is 0 Å². The van der Waals surface area contributed by atoms with Gasteiger partial charge in [-0.15, -0.1) is 0 Å². The van der Waals surface area contributed by atoms with Gasteiger partial charge in [0, 0.05) is 0 Å². The van der Waals surface area contributed by atoms with Crippen molar-refractivity contribution >= 4 is 19.3 Å². The normalized spacial score (nSPS) is 10.7. The second kappa shape index (κ2) is 4.77. The third-order valence-corrected chi connectivity index (χ3v) is 0. The fourth-order valence-electron chi connectivity index (χ4n) is 0. The van der Waals surface area contributed by atoms with Crippen LogP contribution in [-0.2, 0) is 12.1 Å². The van der Waals surface area contributed by atoms with Gasteiger partial charge in [0.1, 0.15) is 11.7 Å². The highest BCUT2D eigenvalue weighted by Crippen LogP contribution is 2.06. The molecule has 58 valence electrons. The maximum atomic E-state index is 9.75. The largest absolute Gasteiger partial charge is 0.673 e. The van der Waals surface area contributed by atoms with Crippen molar-refractivity contribution in [2.45, 2.75) is 0 Å². The molecule has 0 aliphatic carbocycles. The van der Waals surface area contributed by atoms with Crippen LogP contribution >= 0.6 is 0 Å². The van der Waals surface area contributed by atoms with Crippen LogP contribution in [0.3, 0.4) is 0 Å². The Morgan fingerprint density at radius 3 is 0.778 bits per heavy atom. The predicted octanol–water partition coefficient (Wildman–Crippen LogP) is 2.56. The lowest BCUT2D eigenvalue weighted by molar-refractivity contribution is 0.368. The Balaban J connectivity index is 0. The van der Waals surface area contributed by atoms with Crippen LogP contribution in [0.15, 0.2) is 0 Å². The van der Waals surface area contributed by atoms with Gasteiger partial charge in [0.05, 0.1) is 0 Å². The first-order valence-corrected chi connectivity index (χ1v) is 2.26. The Hall–Kier alpha value is -0.0751. The Kier molecular flexibility index (Phi) is 6.20. The summed E-state index contributed by atoms with van der Waals surface area (Å²) in [6.07, 6.45) is 0. The molecule has 9 heavy (non-hydrogen) atoms. The highest BCUT2D eigenvalue weighted by Gasteiger charge is 2.20. The molecule has 0 nitrogen and oxygen atoms in total. The molecule has 0 aromatic carbocycles. The Morgan fingerprint density at radius 2 is 0.778 bits per heavy atom. The molecule has 0 saturated heterocycles. The number of hydrogen-bond acceptors (Lipinski definition) is 0. The van der Waals surface area contributed by atoms with Crippen LogP contribution in [0.4, 0.5) is 28.9 Å². The van der Waals surface area contributed by atoms with E-state index in [1.54, 1.807) is 0 Å². The lowest BCUT2D eigenvalue weighted by atomic mass is 10.3. The number of halogens is 7. The van der Waals surface area contributed by atoms with Crippen molar-refractivity contribution in [2.75, 3.05) is 0 Å². The molecule has 0 atom stereocenters. The summed E-state index contributed by atoms with van der Waals surface area (Å²) in [4.78, 5) is 0. The molecule has 0 rings (SSSR count). The maximum Gasteiger partial charge on any atom is 0.673 e. The van der Waals surface area contributed by atoms with Crippen LogP contribution in [-0.4, -0.2) is 7.25 Å². The van der Waals surface area contributed by atoms with E-state index >= 15 is 0 Å². The van der Waals surface area contributed by atoms with Crippen LogP contribution in [0.2, 0.25) is 0 Å². The zero-order valence-corrected chi connectivity index (χ0v) is 4.45. The molecule has 0 aliphatic rings. The van der Waals surface area contributed by atoms with Crippen molar-refractivity contribution < 1.29 is 28.9 Å². The predicted molar refractivity (Wildman–Crippen MR) is 20.9 cm³/mol. The molecule has 0 aliphatic heterocycles. The van der Waals surface area contributed by atoms with Crippen molar-refractivity contribution in [3.63, 3.8) is 0 Å². The highest BCUT2D eigenvalue weighted by atomic mass is 32.3. The Labute approximate surface area is 49.4 Å². The van der Waals surface area contributed by atoms with Gasteiger partial charge in [0.25, 0.3) is 0 Å². The van der Waals surface area contributed by atoms with E-state index in [0.29, 0.717) is 0 Å². The monoisotopic (exact) mass is 176 g/mol. The second-order valence-corrected chi connectivity index (χ2v) is 1.02. The van der Waals surface area contributed by atoms with Gasteiger partial charge in [0.15, 0.2) is 0 Å². The minimum atomic E-state index is -6.00. The van der Waals surface area contributed by atoms with Gasteiger partial charge < -0.3 is 17.3 Å². The van der Waals surface area contributed by atoms with E-state index in [1.807, 2.05) is 0 Å². The summed E-state index contributed by atoms with van der Waals surface area (Å²) in [6.45, 7) is 0. The van der Waals surface area contributed by atoms with Crippen LogP contribution in [0.5, 0.6) is 0 Å². The van der Waals surface area contributed by atoms with Gasteiger partial charge in [-0.2, -0.15) is 0 Å². The molecule has 0 spiro atoms. The zero-order valence-electron chi connectivity index (χ0n) is 3.63. The first-order chi connectivity index (χ1) is 3.73. The summed E-state index contributed by atoms with van der Waals surface area (Å²) in [5.41, 5.74) is 0. The van der Waals surface area contributed by atoms with E-state index in [2.05, 4.69) is 0 Å². The van der Waals surface area contributed by atoms with Crippen molar-refractivity contribution in [1.82, 2.24) is 0 Å². The second-order valence-electron chi connectivity index (χ2n) is 0.670. The fraction of sp³-hybridized carbons (Fsp3) is 0. The molecule has 0 saturated carbocycles. The van der Waals surface area contributed by atoms with Crippen molar-refractivity contribution in [2.24, 2.45) is 0 Å². The highest BCUT2D eigenvalue weighted by molar-refractivity contribution is 7.81. The molecule has 0 aromatic heterocycles. The van der Waals surface area contributed by atoms with Gasteiger partial charge in [-0.25, -0.2) is 0 Å². The summed E-state index contributed by atoms with van der Waals surface area (Å²) in [5, 5.41) is 0. The SMILES string of the molecule is F[B-](F)(F)F.F[S+](F)F. The zero-order chi connectivity index (χ0) is 8.08. The van der Waals surface area contributed by atoms with E-state index in [4.69, 9.17) is 0 Å². The molecule has 0 fully saturated rings. The number of hydrogen-bond donors (Lipinski definition) is 0. The summed E-state index contributed by atoms with van der Waals surface area (Å²) in [5.74, 6) is 0. The van der Waals surface area contributed by atoms with Gasteiger partial charge in [0.2, 0.25) is 0 Å². The molecule has 0 aromatic rings. The minimum Gasteiger partial charge on any atom is -0.418 e. The first kappa shape index (κ1) is 11.7. The molecular weight excluding hydrogens is 176 g/mol. The van der Waals surface area contributed by atoms with Crippen LogP contribution in [0.1, 0.15) is 0 Å². The van der Waals surface area contributed by atoms with Gasteiger partial charge in [-0.05, 0) is 0 Å². The van der Waals surface area contributed by atoms with Crippen LogP contribution in [0.25, 0.3) is 0 Å². The molecule has 0 heterocycles. The van der Waals surface area contributed by atoms with E-state index < -0.39 is 19.3 Å². The van der Waals surface area contributed by atoms with E-state index in [9.17, 15) is 28.9 Å². The molecular formula is BF7S. The third kappa shape index (κ3) is 49400. The first-order valence-electron chi connectivity index (χ1n) is 1.34. The average molecular weight is 176 g/mol. The van der Waals surface area contributed by atoms with Gasteiger partial charge >= 0.3 is 19.3 Å². The maximum absolute atomic E-state index is 9.75. The third-order valence-electron chi connectivity index (χ3n) is 0. The molecule has 0 radical (unpaired) electrons. The van der Waals surface area contributed by atoms with E-state index in [-0.39, 0.29) is 0 Å². The molecule has 9 heteroatoms. The van der Waals surface area contributed by atoms with Gasteiger partial charge in [-0.3, -0.25) is 0 Å². The molecule has 0 bridgehead atoms. The topological polar surface area (TPSA) is 0 Å². The average Bonchev–Trinajstić information content (AvgIpc) is 1.19. The minimum absolute atomic E-state index is 3.86. The quantitative estimate of drug-likeness (QED) is 0.302.